The van der Waals surface area contributed by atoms with Crippen molar-refractivity contribution in [3.8, 4) is 0 Å². The summed E-state index contributed by atoms with van der Waals surface area (Å²) < 4.78 is 18.8. The second-order valence-electron chi connectivity index (χ2n) is 13.1. The third kappa shape index (κ3) is 5.29. The fourth-order valence-corrected chi connectivity index (χ4v) is 7.27. The van der Waals surface area contributed by atoms with Crippen LogP contribution in [0.2, 0.25) is 0 Å². The van der Waals surface area contributed by atoms with E-state index in [2.05, 4.69) is 13.8 Å². The fourth-order valence-electron chi connectivity index (χ4n) is 7.27. The smallest absolute Gasteiger partial charge is 0.306 e. The number of allylic oxidation sites excluding steroid dienone is 4. The first-order valence-electron chi connectivity index (χ1n) is 14.6. The quantitative estimate of drug-likeness (QED) is 0.256. The number of fused-ring (bicyclic) bond motifs is 3. The number of esters is 1. The number of ketones is 2. The molecule has 0 spiro atoms. The molecule has 7 nitrogen and oxygen atoms in total. The van der Waals surface area contributed by atoms with Crippen molar-refractivity contribution in [3.05, 3.63) is 34.6 Å². The lowest BCUT2D eigenvalue weighted by Crippen LogP contribution is -2.62. The predicted octanol–water partition coefficient (Wildman–Crippen LogP) is 5.55. The first-order valence-corrected chi connectivity index (χ1v) is 14.6. The molecule has 1 N–H and O–H groups in total. The summed E-state index contributed by atoms with van der Waals surface area (Å²) in [5, 5.41) is 10.6. The number of hydrogen-bond donors (Lipinski definition) is 1. The van der Waals surface area contributed by atoms with E-state index in [1.807, 2.05) is 33.8 Å². The monoisotopic (exact) mass is 542 g/mol. The normalized spacial score (nSPS) is 34.7. The van der Waals surface area contributed by atoms with Crippen molar-refractivity contribution in [2.45, 2.75) is 130 Å². The number of aliphatic hydroxyl groups is 1. The molecule has 4 rings (SSSR count). The molecule has 2 fully saturated rings. The van der Waals surface area contributed by atoms with Gasteiger partial charge in [-0.25, -0.2) is 0 Å². The Morgan fingerprint density at radius 1 is 1.26 bits per heavy atom. The van der Waals surface area contributed by atoms with Gasteiger partial charge >= 0.3 is 5.97 Å². The van der Waals surface area contributed by atoms with E-state index in [1.165, 1.54) is 6.08 Å². The van der Waals surface area contributed by atoms with Crippen LogP contribution < -0.4 is 0 Å². The zero-order chi connectivity index (χ0) is 28.9. The molecule has 2 aliphatic heterocycles. The van der Waals surface area contributed by atoms with Gasteiger partial charge in [0.05, 0.1) is 17.8 Å². The van der Waals surface area contributed by atoms with Gasteiger partial charge in [-0.1, -0.05) is 26.8 Å². The average Bonchev–Trinajstić information content (AvgIpc) is 2.87. The number of Topliss-reactive ketones (excluding diaryl/α,β-unsaturated/α-hetero) is 1. The minimum atomic E-state index is -0.918. The standard InChI is InChI=1S/C32H46O7/c1-9-11-26(34)38-28(18(3)10-2)19(4)20-16-22(33)21-17-23-31(7)14-12-24(30(5,6)36)37-25(31)13-15-32(23,8)39-29(21)27(20)35/h10,16,19,23-25,28,36H,9,11-15,17H2,1-8H3/b18-10+/t19-,23+,24+,25+,28+,31+,32+/m0/s1. The summed E-state index contributed by atoms with van der Waals surface area (Å²) >= 11 is 0. The molecular formula is C32H46O7. The average molecular weight is 543 g/mol. The molecule has 0 unspecified atom stereocenters. The Balaban J connectivity index is 1.61. The van der Waals surface area contributed by atoms with Crippen molar-refractivity contribution in [1.82, 2.24) is 0 Å². The molecule has 0 aromatic rings. The molecule has 0 aromatic heterocycles. The summed E-state index contributed by atoms with van der Waals surface area (Å²) in [6.45, 7) is 15.3. The highest BCUT2D eigenvalue weighted by molar-refractivity contribution is 6.22. The molecule has 39 heavy (non-hydrogen) atoms. The Morgan fingerprint density at radius 3 is 2.56 bits per heavy atom. The van der Waals surface area contributed by atoms with Crippen LogP contribution >= 0.6 is 0 Å². The molecule has 0 bridgehead atoms. The number of ether oxygens (including phenoxy) is 3. The van der Waals surface area contributed by atoms with Gasteiger partial charge in [-0.2, -0.15) is 0 Å². The molecule has 2 heterocycles. The van der Waals surface area contributed by atoms with Crippen LogP contribution in [0.25, 0.3) is 0 Å². The molecule has 0 aromatic carbocycles. The zero-order valence-electron chi connectivity index (χ0n) is 24.9. The molecule has 1 saturated heterocycles. The van der Waals surface area contributed by atoms with Crippen molar-refractivity contribution < 1.29 is 33.7 Å². The topological polar surface area (TPSA) is 99.1 Å². The number of hydrogen-bond acceptors (Lipinski definition) is 7. The number of rotatable bonds is 7. The van der Waals surface area contributed by atoms with E-state index in [-0.39, 0.29) is 46.8 Å². The van der Waals surface area contributed by atoms with Crippen LogP contribution in [-0.4, -0.2) is 52.2 Å². The van der Waals surface area contributed by atoms with Gasteiger partial charge in [-0.15, -0.1) is 0 Å². The van der Waals surface area contributed by atoms with Gasteiger partial charge in [0.2, 0.25) is 5.78 Å². The molecule has 4 aliphatic rings. The van der Waals surface area contributed by atoms with Crippen molar-refractivity contribution in [3.63, 3.8) is 0 Å². The molecule has 2 aliphatic carbocycles. The highest BCUT2D eigenvalue weighted by atomic mass is 16.5. The van der Waals surface area contributed by atoms with Crippen molar-refractivity contribution in [2.24, 2.45) is 17.3 Å². The maximum atomic E-state index is 13.9. The number of carbonyl (C=O) groups excluding carboxylic acids is 3. The summed E-state index contributed by atoms with van der Waals surface area (Å²) in [6, 6.07) is 0. The van der Waals surface area contributed by atoms with Crippen molar-refractivity contribution in [2.75, 3.05) is 0 Å². The minimum absolute atomic E-state index is 0.00222. The van der Waals surface area contributed by atoms with Crippen LogP contribution in [0, 0.1) is 17.3 Å². The minimum Gasteiger partial charge on any atom is -0.483 e. The highest BCUT2D eigenvalue weighted by Gasteiger charge is 2.61. The Bertz CT molecular complexity index is 1120. The van der Waals surface area contributed by atoms with E-state index in [0.717, 1.165) is 24.8 Å². The summed E-state index contributed by atoms with van der Waals surface area (Å²) in [6.07, 6.45) is 6.85. The first kappa shape index (κ1) is 29.7. The highest BCUT2D eigenvalue weighted by Crippen LogP contribution is 2.59. The largest absolute Gasteiger partial charge is 0.483 e. The second kappa shape index (κ2) is 10.6. The van der Waals surface area contributed by atoms with E-state index >= 15 is 0 Å². The molecule has 7 heteroatoms. The van der Waals surface area contributed by atoms with Crippen LogP contribution in [0.4, 0.5) is 0 Å². The molecular weight excluding hydrogens is 496 g/mol. The second-order valence-corrected chi connectivity index (χ2v) is 13.1. The van der Waals surface area contributed by atoms with Gasteiger partial charge in [0, 0.05) is 34.8 Å². The van der Waals surface area contributed by atoms with Gasteiger partial charge in [-0.05, 0) is 84.8 Å². The fraction of sp³-hybridized carbons (Fsp3) is 0.719. The van der Waals surface area contributed by atoms with Gasteiger partial charge in [0.25, 0.3) is 0 Å². The van der Waals surface area contributed by atoms with E-state index < -0.39 is 23.2 Å². The lowest BCUT2D eigenvalue weighted by Gasteiger charge is -2.60. The van der Waals surface area contributed by atoms with Crippen LogP contribution in [0.5, 0.6) is 0 Å². The molecule has 1 saturated carbocycles. The lowest BCUT2D eigenvalue weighted by molar-refractivity contribution is -0.245. The predicted molar refractivity (Wildman–Crippen MR) is 148 cm³/mol. The molecule has 0 amide bonds. The van der Waals surface area contributed by atoms with E-state index in [9.17, 15) is 19.5 Å². The third-order valence-corrected chi connectivity index (χ3v) is 9.86. The number of carbonyl (C=O) groups is 3. The summed E-state index contributed by atoms with van der Waals surface area (Å²) in [5.74, 6) is -1.15. The zero-order valence-corrected chi connectivity index (χ0v) is 24.9. The van der Waals surface area contributed by atoms with Crippen LogP contribution in [0.15, 0.2) is 34.6 Å². The van der Waals surface area contributed by atoms with Crippen LogP contribution in [0.1, 0.15) is 100 Å². The molecule has 7 atom stereocenters. The van der Waals surface area contributed by atoms with Gasteiger partial charge in [0.1, 0.15) is 11.7 Å². The summed E-state index contributed by atoms with van der Waals surface area (Å²) in [4.78, 5) is 39.8. The van der Waals surface area contributed by atoms with Crippen molar-refractivity contribution in [1.29, 1.82) is 0 Å². The Labute approximate surface area is 233 Å². The maximum absolute atomic E-state index is 13.9. The van der Waals surface area contributed by atoms with Gasteiger partial charge in [-0.3, -0.25) is 14.4 Å². The Kier molecular flexibility index (Phi) is 8.10. The lowest BCUT2D eigenvalue weighted by atomic mass is 9.53. The summed E-state index contributed by atoms with van der Waals surface area (Å²) in [5.41, 5.74) is -0.175. The Hall–Kier alpha value is -2.25. The van der Waals surface area contributed by atoms with E-state index in [0.29, 0.717) is 36.8 Å². The van der Waals surface area contributed by atoms with E-state index in [4.69, 9.17) is 14.2 Å². The van der Waals surface area contributed by atoms with Gasteiger partial charge in [0.15, 0.2) is 11.5 Å². The van der Waals surface area contributed by atoms with E-state index in [1.54, 1.807) is 13.8 Å². The maximum Gasteiger partial charge on any atom is 0.306 e. The SMILES string of the molecule is C/C=C(\C)[C@@H](OC(=O)CCC)[C@@H](C)C1=CC(=O)C2=C(O[C@]3(C)CC[C@H]4O[C@@H](C(C)(C)O)CC[C@]4(C)[C@H]3C2)C1=O. The van der Waals surface area contributed by atoms with Crippen LogP contribution in [0.3, 0.4) is 0 Å². The molecule has 216 valence electrons. The third-order valence-electron chi connectivity index (χ3n) is 9.86. The first-order chi connectivity index (χ1) is 18.2. The Morgan fingerprint density at radius 2 is 1.95 bits per heavy atom. The summed E-state index contributed by atoms with van der Waals surface area (Å²) in [7, 11) is 0. The van der Waals surface area contributed by atoms with Crippen molar-refractivity contribution >= 4 is 17.5 Å². The van der Waals surface area contributed by atoms with Gasteiger partial charge < -0.3 is 19.3 Å². The van der Waals surface area contributed by atoms with Crippen LogP contribution in [-0.2, 0) is 28.6 Å². The molecule has 0 radical (unpaired) electrons.